The summed E-state index contributed by atoms with van der Waals surface area (Å²) in [5.74, 6) is -3.07. The van der Waals surface area contributed by atoms with Crippen LogP contribution in [-0.2, 0) is 66.5 Å². The molecule has 0 spiro atoms. The maximum Gasteiger partial charge on any atom is 0.305 e. The molecule has 0 aliphatic carbocycles. The van der Waals surface area contributed by atoms with Crippen LogP contribution in [0.3, 0.4) is 0 Å². The molecule has 1 unspecified atom stereocenters. The first-order valence-electron chi connectivity index (χ1n) is 19.6. The molecule has 1 atom stereocenters. The monoisotopic (exact) mass is 829 g/mol. The fraction of sp³-hybridized carbons (Fsp3) is 0.711. The van der Waals surface area contributed by atoms with E-state index in [4.69, 9.17) is 57.2 Å². The number of carbonyl (C=O) groups excluding carboxylic acids is 4. The molecule has 4 amide bonds. The van der Waals surface area contributed by atoms with Gasteiger partial charge >= 0.3 is 5.97 Å². The maximum absolute atomic E-state index is 13.2. The van der Waals surface area contributed by atoms with Gasteiger partial charge in [0.1, 0.15) is 6.04 Å². The average Bonchev–Trinajstić information content (AvgIpc) is 3.46. The van der Waals surface area contributed by atoms with Gasteiger partial charge in [0.15, 0.2) is 0 Å². The van der Waals surface area contributed by atoms with Crippen molar-refractivity contribution in [2.24, 2.45) is 0 Å². The van der Waals surface area contributed by atoms with E-state index in [-0.39, 0.29) is 37.0 Å². The number of imide groups is 2. The normalized spacial score (nSPS) is 15.3. The summed E-state index contributed by atoms with van der Waals surface area (Å²) >= 11 is 0. The van der Waals surface area contributed by atoms with Gasteiger partial charge in [-0.15, -0.1) is 0 Å². The van der Waals surface area contributed by atoms with Crippen LogP contribution in [0, 0.1) is 0 Å². The minimum Gasteiger partial charge on any atom is -0.481 e. The summed E-state index contributed by atoms with van der Waals surface area (Å²) in [4.78, 5) is 61.2. The number of ether oxygens (including phenoxy) is 11. The summed E-state index contributed by atoms with van der Waals surface area (Å²) in [6, 6.07) is 3.88. The fourth-order valence-corrected chi connectivity index (χ4v) is 5.38. The van der Waals surface area contributed by atoms with Crippen molar-refractivity contribution in [2.75, 3.05) is 157 Å². The van der Waals surface area contributed by atoms with Gasteiger partial charge in [-0.1, -0.05) is 6.07 Å². The zero-order valence-electron chi connectivity index (χ0n) is 33.1. The number of benzene rings is 1. The van der Waals surface area contributed by atoms with Crippen LogP contribution in [-0.4, -0.2) is 198 Å². The Morgan fingerprint density at radius 1 is 0.586 bits per heavy atom. The molecule has 1 aromatic carbocycles. The van der Waals surface area contributed by atoms with Crippen LogP contribution in [0.2, 0.25) is 0 Å². The van der Waals surface area contributed by atoms with Gasteiger partial charge in [0.2, 0.25) is 11.8 Å². The van der Waals surface area contributed by atoms with Crippen molar-refractivity contribution in [3.63, 3.8) is 0 Å². The number of amides is 4. The molecule has 58 heavy (non-hydrogen) atoms. The van der Waals surface area contributed by atoms with Gasteiger partial charge in [-0.05, 0) is 18.6 Å². The van der Waals surface area contributed by atoms with Gasteiger partial charge in [-0.3, -0.25) is 34.2 Å². The van der Waals surface area contributed by atoms with E-state index in [0.717, 1.165) is 4.90 Å². The summed E-state index contributed by atoms with van der Waals surface area (Å²) in [5, 5.41) is 13.8. The molecule has 1 aromatic rings. The van der Waals surface area contributed by atoms with Gasteiger partial charge in [-0.25, -0.2) is 0 Å². The van der Waals surface area contributed by atoms with Crippen molar-refractivity contribution in [3.8, 4) is 0 Å². The van der Waals surface area contributed by atoms with Crippen molar-refractivity contribution in [3.05, 3.63) is 29.3 Å². The van der Waals surface area contributed by atoms with Crippen molar-refractivity contribution in [2.45, 2.75) is 25.3 Å². The van der Waals surface area contributed by atoms with Gasteiger partial charge in [0, 0.05) is 18.7 Å². The predicted octanol–water partition coefficient (Wildman–Crippen LogP) is 0.157. The number of piperidine rings is 1. The topological polar surface area (TPSA) is 234 Å². The Morgan fingerprint density at radius 3 is 1.38 bits per heavy atom. The van der Waals surface area contributed by atoms with Gasteiger partial charge in [-0.2, -0.15) is 0 Å². The largest absolute Gasteiger partial charge is 0.481 e. The molecule has 3 N–H and O–H groups in total. The Hall–Kier alpha value is -3.67. The molecule has 20 heteroatoms. The molecule has 2 heterocycles. The third kappa shape index (κ3) is 20.3. The third-order valence-corrected chi connectivity index (χ3v) is 8.21. The molecule has 0 bridgehead atoms. The standard InChI is InChI=1S/C38H59N3O17/c42-33-5-4-32(36(45)40-33)41-37(46)30-2-1-3-31(35(30)38(41)47)39-7-9-49-11-13-51-15-17-53-19-21-55-23-25-57-27-29-58-28-26-56-24-22-54-20-18-52-16-14-50-12-10-48-8-6-34(43)44/h1-3,32,39H,4-29H2,(H,43,44)(H,40,42,45). The zero-order valence-corrected chi connectivity index (χ0v) is 33.1. The number of carbonyl (C=O) groups is 5. The molecule has 2 aliphatic rings. The van der Waals surface area contributed by atoms with Crippen LogP contribution in [0.5, 0.6) is 0 Å². The second-order valence-electron chi connectivity index (χ2n) is 12.5. The van der Waals surface area contributed by atoms with E-state index in [9.17, 15) is 24.0 Å². The lowest BCUT2D eigenvalue weighted by atomic mass is 10.0. The summed E-state index contributed by atoms with van der Waals surface area (Å²) in [6.45, 7) is 9.51. The first kappa shape index (κ1) is 48.7. The molecular formula is C38H59N3O17. The lowest BCUT2D eigenvalue weighted by Gasteiger charge is -2.27. The minimum absolute atomic E-state index is 0.0147. The Morgan fingerprint density at radius 2 is 0.983 bits per heavy atom. The van der Waals surface area contributed by atoms with E-state index < -0.39 is 35.6 Å². The van der Waals surface area contributed by atoms with Crippen LogP contribution in [0.1, 0.15) is 40.0 Å². The van der Waals surface area contributed by atoms with E-state index in [1.54, 1.807) is 18.2 Å². The molecular weight excluding hydrogens is 770 g/mol. The summed E-state index contributed by atoms with van der Waals surface area (Å²) in [6.07, 6.45) is 0.145. The molecule has 2 aliphatic heterocycles. The number of hydrogen-bond donors (Lipinski definition) is 3. The maximum atomic E-state index is 13.2. The highest BCUT2D eigenvalue weighted by molar-refractivity contribution is 6.25. The number of anilines is 1. The lowest BCUT2D eigenvalue weighted by molar-refractivity contribution is -0.138. The summed E-state index contributed by atoms with van der Waals surface area (Å²) in [5.41, 5.74) is 0.890. The molecule has 328 valence electrons. The molecule has 1 fully saturated rings. The van der Waals surface area contributed by atoms with Crippen molar-refractivity contribution >= 4 is 35.3 Å². The Labute approximate surface area is 338 Å². The highest BCUT2D eigenvalue weighted by atomic mass is 16.6. The quantitative estimate of drug-likeness (QED) is 0.0595. The Balaban J connectivity index is 0.990. The Bertz CT molecular complexity index is 1350. The van der Waals surface area contributed by atoms with E-state index in [0.29, 0.717) is 151 Å². The molecule has 0 radical (unpaired) electrons. The number of fused-ring (bicyclic) bond motifs is 1. The van der Waals surface area contributed by atoms with Gasteiger partial charge in [0.25, 0.3) is 11.8 Å². The van der Waals surface area contributed by atoms with E-state index in [1.807, 2.05) is 0 Å². The second-order valence-corrected chi connectivity index (χ2v) is 12.5. The number of nitrogens with one attached hydrogen (secondary N) is 2. The van der Waals surface area contributed by atoms with Crippen LogP contribution in [0.25, 0.3) is 0 Å². The Kier molecular flexibility index (Phi) is 26.3. The first-order chi connectivity index (χ1) is 28.4. The summed E-state index contributed by atoms with van der Waals surface area (Å²) in [7, 11) is 0. The zero-order chi connectivity index (χ0) is 41.5. The van der Waals surface area contributed by atoms with Crippen molar-refractivity contribution in [1.29, 1.82) is 0 Å². The van der Waals surface area contributed by atoms with Crippen LogP contribution in [0.15, 0.2) is 18.2 Å². The average molecular weight is 830 g/mol. The highest BCUT2D eigenvalue weighted by Crippen LogP contribution is 2.32. The number of carboxylic acid groups (broad SMARTS) is 1. The number of rotatable bonds is 38. The van der Waals surface area contributed by atoms with Crippen molar-refractivity contribution < 1.29 is 81.2 Å². The van der Waals surface area contributed by atoms with Crippen LogP contribution < -0.4 is 10.6 Å². The van der Waals surface area contributed by atoms with Gasteiger partial charge in [0.05, 0.1) is 163 Å². The minimum atomic E-state index is -1.02. The van der Waals surface area contributed by atoms with Crippen LogP contribution in [0.4, 0.5) is 5.69 Å². The highest BCUT2D eigenvalue weighted by Gasteiger charge is 2.45. The molecule has 0 saturated carbocycles. The van der Waals surface area contributed by atoms with E-state index >= 15 is 0 Å². The van der Waals surface area contributed by atoms with E-state index in [2.05, 4.69) is 10.6 Å². The first-order valence-corrected chi connectivity index (χ1v) is 19.6. The SMILES string of the molecule is O=C(O)CCOCCOCCOCCOCCOCCOCCOCCOCCOCCOCCOCCNc1cccc2c1C(=O)N(C1CCC(=O)NC1=O)C2=O. The van der Waals surface area contributed by atoms with E-state index in [1.165, 1.54) is 0 Å². The van der Waals surface area contributed by atoms with Gasteiger partial charge < -0.3 is 62.5 Å². The molecule has 1 saturated heterocycles. The smallest absolute Gasteiger partial charge is 0.305 e. The molecule has 0 aromatic heterocycles. The number of carboxylic acids is 1. The molecule has 20 nitrogen and oxygen atoms in total. The third-order valence-electron chi connectivity index (χ3n) is 8.21. The van der Waals surface area contributed by atoms with Crippen LogP contribution >= 0.6 is 0 Å². The summed E-state index contributed by atoms with van der Waals surface area (Å²) < 4.78 is 59.8. The second kappa shape index (κ2) is 31.3. The number of hydrogen-bond acceptors (Lipinski definition) is 17. The molecule has 3 rings (SSSR count). The number of aliphatic carboxylic acids is 1. The fourth-order valence-electron chi connectivity index (χ4n) is 5.38. The number of nitrogens with zero attached hydrogens (tertiary/aromatic N) is 1. The van der Waals surface area contributed by atoms with Crippen molar-refractivity contribution in [1.82, 2.24) is 10.2 Å². The predicted molar refractivity (Wildman–Crippen MR) is 203 cm³/mol. The lowest BCUT2D eigenvalue weighted by Crippen LogP contribution is -2.54.